The summed E-state index contributed by atoms with van der Waals surface area (Å²) in [7, 11) is 0. The lowest BCUT2D eigenvalue weighted by atomic mass is 9.92. The van der Waals surface area contributed by atoms with E-state index >= 15 is 0 Å². The first-order chi connectivity index (χ1) is 29.7. The predicted octanol–water partition coefficient (Wildman–Crippen LogP) is 13.1. The molecule has 0 N–H and O–H groups in total. The fourth-order valence-corrected chi connectivity index (χ4v) is 8.82. The molecule has 11 aromatic rings. The molecule has 60 heavy (non-hydrogen) atoms. The molecule has 0 atom stereocenters. The van der Waals surface area contributed by atoms with Crippen molar-refractivity contribution in [2.75, 3.05) is 0 Å². The van der Waals surface area contributed by atoms with E-state index in [4.69, 9.17) is 9.97 Å². The highest BCUT2D eigenvalue weighted by atomic mass is 15.0. The number of rotatable bonds is 6. The van der Waals surface area contributed by atoms with Gasteiger partial charge in [0, 0.05) is 60.7 Å². The van der Waals surface area contributed by atoms with Gasteiger partial charge in [0.1, 0.15) is 11.6 Å². The third kappa shape index (κ3) is 5.40. The van der Waals surface area contributed by atoms with Crippen LogP contribution in [0.2, 0.25) is 0 Å². The lowest BCUT2D eigenvalue weighted by Crippen LogP contribution is -2.02. The Morgan fingerprint density at radius 3 is 1.38 bits per heavy atom. The van der Waals surface area contributed by atoms with E-state index in [9.17, 15) is 10.5 Å². The molecule has 6 heteroatoms. The molecule has 0 aliphatic heterocycles. The average Bonchev–Trinajstić information content (AvgIpc) is 3.84. The molecule has 3 aromatic heterocycles. The molecule has 0 radical (unpaired) electrons. The van der Waals surface area contributed by atoms with Crippen LogP contribution in [0.5, 0.6) is 0 Å². The van der Waals surface area contributed by atoms with E-state index in [1.807, 2.05) is 91.0 Å². The predicted molar refractivity (Wildman–Crippen MR) is 242 cm³/mol. The number of fused-ring (bicyclic) bond motifs is 6. The van der Waals surface area contributed by atoms with Gasteiger partial charge in [-0.05, 0) is 48.5 Å². The molecule has 3 heterocycles. The van der Waals surface area contributed by atoms with Crippen LogP contribution in [0.25, 0.3) is 100 Å². The van der Waals surface area contributed by atoms with Gasteiger partial charge in [-0.15, -0.1) is 0 Å². The van der Waals surface area contributed by atoms with Crippen LogP contribution >= 0.6 is 0 Å². The Morgan fingerprint density at radius 2 is 0.867 bits per heavy atom. The molecule has 0 unspecified atom stereocenters. The van der Waals surface area contributed by atoms with Gasteiger partial charge < -0.3 is 9.13 Å². The fourth-order valence-electron chi connectivity index (χ4n) is 8.82. The van der Waals surface area contributed by atoms with Crippen molar-refractivity contribution in [1.82, 2.24) is 19.1 Å². The van der Waals surface area contributed by atoms with Gasteiger partial charge in [0.2, 0.25) is 0 Å². The normalized spacial score (nSPS) is 11.3. The Labute approximate surface area is 345 Å². The molecule has 0 aliphatic rings. The molecule has 0 amide bonds. The summed E-state index contributed by atoms with van der Waals surface area (Å²) in [5, 5.41) is 26.5. The highest BCUT2D eigenvalue weighted by Gasteiger charge is 2.27. The van der Waals surface area contributed by atoms with Crippen molar-refractivity contribution in [1.29, 1.82) is 10.5 Å². The van der Waals surface area contributed by atoms with E-state index in [0.29, 0.717) is 33.9 Å². The summed E-state index contributed by atoms with van der Waals surface area (Å²) in [6, 6.07) is 70.7. The van der Waals surface area contributed by atoms with E-state index in [1.165, 1.54) is 0 Å². The molecular formula is C54H32N6. The molecule has 8 aromatic carbocycles. The maximum absolute atomic E-state index is 11.3. The Balaban J connectivity index is 1.28. The topological polar surface area (TPSA) is 83.2 Å². The van der Waals surface area contributed by atoms with Crippen LogP contribution in [0, 0.1) is 22.7 Å². The SMILES string of the molecule is N#Cc1cc(-c2nc(-c3ccccc3)nc(-c3ccccc3)c2C#N)ccc1-c1c2c(cc3c4ccccc4n(-c4ccccc4)c13)c1ccccc1n2-c1ccccc1. The number of benzene rings is 8. The highest BCUT2D eigenvalue weighted by Crippen LogP contribution is 2.47. The van der Waals surface area contributed by atoms with Gasteiger partial charge >= 0.3 is 0 Å². The van der Waals surface area contributed by atoms with E-state index in [0.717, 1.165) is 77.2 Å². The van der Waals surface area contributed by atoms with Crippen molar-refractivity contribution < 1.29 is 0 Å². The Morgan fingerprint density at radius 1 is 0.400 bits per heavy atom. The molecule has 0 fully saturated rings. The van der Waals surface area contributed by atoms with Crippen LogP contribution < -0.4 is 0 Å². The maximum atomic E-state index is 11.3. The third-order valence-corrected chi connectivity index (χ3v) is 11.4. The Bertz CT molecular complexity index is 3410. The van der Waals surface area contributed by atoms with Crippen LogP contribution in [-0.4, -0.2) is 19.1 Å². The van der Waals surface area contributed by atoms with Crippen LogP contribution in [0.1, 0.15) is 11.1 Å². The van der Waals surface area contributed by atoms with Gasteiger partial charge in [0.25, 0.3) is 0 Å². The van der Waals surface area contributed by atoms with Gasteiger partial charge in [0.05, 0.1) is 45.1 Å². The Kier molecular flexibility index (Phi) is 8.15. The fraction of sp³-hybridized carbons (Fsp3) is 0. The molecule has 0 aliphatic carbocycles. The van der Waals surface area contributed by atoms with E-state index < -0.39 is 0 Å². The summed E-state index contributed by atoms with van der Waals surface area (Å²) < 4.78 is 4.66. The lowest BCUT2D eigenvalue weighted by Gasteiger charge is -2.18. The second-order valence-corrected chi connectivity index (χ2v) is 14.8. The number of hydrogen-bond donors (Lipinski definition) is 0. The molecule has 0 bridgehead atoms. The summed E-state index contributed by atoms with van der Waals surface area (Å²) in [5.74, 6) is 0.497. The third-order valence-electron chi connectivity index (χ3n) is 11.4. The molecule has 6 nitrogen and oxygen atoms in total. The smallest absolute Gasteiger partial charge is 0.160 e. The maximum Gasteiger partial charge on any atom is 0.160 e. The van der Waals surface area contributed by atoms with Crippen LogP contribution in [-0.2, 0) is 0 Å². The van der Waals surface area contributed by atoms with Gasteiger partial charge in [0.15, 0.2) is 5.82 Å². The number of hydrogen-bond acceptors (Lipinski definition) is 4. The summed E-state index contributed by atoms with van der Waals surface area (Å²) in [6.45, 7) is 0. The standard InChI is InChI=1S/C54H32N6/c55-33-38-31-37(51-46(34-56)50(35-17-5-1-6-18-35)57-54(58-51)36-19-7-2-8-20-36)29-30-41(38)49-52-44(42-25-13-15-27-47(42)59(52)39-21-9-3-10-22-39)32-45-43-26-14-16-28-48(43)60(53(45)49)40-23-11-4-12-24-40/h1-32H. The molecule has 0 spiro atoms. The second-order valence-electron chi connectivity index (χ2n) is 14.8. The first-order valence-electron chi connectivity index (χ1n) is 19.8. The zero-order valence-corrected chi connectivity index (χ0v) is 32.2. The van der Waals surface area contributed by atoms with Crippen molar-refractivity contribution in [3.05, 3.63) is 205 Å². The van der Waals surface area contributed by atoms with Gasteiger partial charge in [-0.3, -0.25) is 0 Å². The van der Waals surface area contributed by atoms with Crippen molar-refractivity contribution in [2.45, 2.75) is 0 Å². The minimum Gasteiger partial charge on any atom is -0.309 e. The molecule has 11 rings (SSSR count). The van der Waals surface area contributed by atoms with Gasteiger partial charge in [-0.25, -0.2) is 9.97 Å². The van der Waals surface area contributed by atoms with Gasteiger partial charge in [-0.2, -0.15) is 10.5 Å². The van der Waals surface area contributed by atoms with Crippen molar-refractivity contribution in [3.63, 3.8) is 0 Å². The summed E-state index contributed by atoms with van der Waals surface area (Å²) >= 11 is 0. The van der Waals surface area contributed by atoms with Crippen LogP contribution in [0.4, 0.5) is 0 Å². The first kappa shape index (κ1) is 34.7. The molecule has 0 saturated heterocycles. The second kappa shape index (κ2) is 14.1. The summed E-state index contributed by atoms with van der Waals surface area (Å²) in [5.41, 5.74) is 12.0. The highest BCUT2D eigenvalue weighted by molar-refractivity contribution is 6.26. The number of nitrogens with zero attached hydrogens (tertiary/aromatic N) is 6. The van der Waals surface area contributed by atoms with E-state index in [1.54, 1.807) is 0 Å². The van der Waals surface area contributed by atoms with Crippen molar-refractivity contribution in [3.8, 4) is 68.5 Å². The number of nitriles is 2. The monoisotopic (exact) mass is 764 g/mol. The lowest BCUT2D eigenvalue weighted by molar-refractivity contribution is 1.16. The van der Waals surface area contributed by atoms with Crippen molar-refractivity contribution in [2.24, 2.45) is 0 Å². The van der Waals surface area contributed by atoms with Crippen molar-refractivity contribution >= 4 is 43.6 Å². The summed E-state index contributed by atoms with van der Waals surface area (Å²) in [6.07, 6.45) is 0. The minimum absolute atomic E-state index is 0.343. The average molecular weight is 765 g/mol. The van der Waals surface area contributed by atoms with Crippen LogP contribution in [0.15, 0.2) is 194 Å². The number of aromatic nitrogens is 4. The van der Waals surface area contributed by atoms with E-state index in [-0.39, 0.29) is 0 Å². The van der Waals surface area contributed by atoms with Gasteiger partial charge in [-0.1, -0.05) is 146 Å². The zero-order valence-electron chi connectivity index (χ0n) is 32.2. The zero-order chi connectivity index (χ0) is 40.2. The minimum atomic E-state index is 0.343. The molecule has 278 valence electrons. The largest absolute Gasteiger partial charge is 0.309 e. The number of para-hydroxylation sites is 4. The van der Waals surface area contributed by atoms with Crippen LogP contribution in [0.3, 0.4) is 0 Å². The Hall–Kier alpha value is -8.58. The molecular weight excluding hydrogens is 733 g/mol. The van der Waals surface area contributed by atoms with E-state index in [2.05, 4.69) is 124 Å². The quantitative estimate of drug-likeness (QED) is 0.169. The first-order valence-corrected chi connectivity index (χ1v) is 19.8. The summed E-state index contributed by atoms with van der Waals surface area (Å²) in [4.78, 5) is 10.0. The molecule has 0 saturated carbocycles.